The first-order valence-electron chi connectivity index (χ1n) is 19.3. The monoisotopic (exact) mass is 721 g/mol. The standard InChI is InChI=1S/C45H55NO7/c1-4-7-10-13-30-49-39-23-17-36(18-24-39)44(47)52-42-29-16-35(34-46-38-21-27-41(28-22-38)51-32-15-12-9-6-3)33-43(42)53-45(48)37-19-25-40(26-20-37)50-31-14-11-8-5-2/h16-29,33-34H,4-15,30-32H2,1-3H3. The second kappa shape index (κ2) is 23.5. The van der Waals surface area contributed by atoms with Gasteiger partial charge in [-0.25, -0.2) is 9.59 Å². The predicted molar refractivity (Wildman–Crippen MR) is 212 cm³/mol. The van der Waals surface area contributed by atoms with Crippen molar-refractivity contribution < 1.29 is 33.3 Å². The number of nitrogens with zero attached hydrogens (tertiary/aromatic N) is 1. The normalized spacial score (nSPS) is 11.0. The minimum Gasteiger partial charge on any atom is -0.494 e. The van der Waals surface area contributed by atoms with Gasteiger partial charge in [-0.3, -0.25) is 4.99 Å². The summed E-state index contributed by atoms with van der Waals surface area (Å²) in [6.07, 6.45) is 15.2. The lowest BCUT2D eigenvalue weighted by atomic mass is 10.2. The van der Waals surface area contributed by atoms with E-state index in [-0.39, 0.29) is 11.5 Å². The third-order valence-electron chi connectivity index (χ3n) is 8.55. The Hall–Kier alpha value is -5.11. The Labute approximate surface area is 315 Å². The summed E-state index contributed by atoms with van der Waals surface area (Å²) >= 11 is 0. The Morgan fingerprint density at radius 2 is 0.906 bits per heavy atom. The molecular formula is C45H55NO7. The zero-order valence-corrected chi connectivity index (χ0v) is 31.6. The molecule has 0 aliphatic rings. The van der Waals surface area contributed by atoms with Gasteiger partial charge < -0.3 is 23.7 Å². The highest BCUT2D eigenvalue weighted by Crippen LogP contribution is 2.31. The SMILES string of the molecule is CCCCCCOc1ccc(N=Cc2ccc(OC(=O)c3ccc(OCCCCCC)cc3)c(OC(=O)c3ccc(OCCCCCC)cc3)c2)cc1. The van der Waals surface area contributed by atoms with Gasteiger partial charge in [-0.15, -0.1) is 0 Å². The highest BCUT2D eigenvalue weighted by Gasteiger charge is 2.18. The molecule has 0 aliphatic heterocycles. The first-order chi connectivity index (χ1) is 26.0. The lowest BCUT2D eigenvalue weighted by Gasteiger charge is -2.12. The number of esters is 2. The van der Waals surface area contributed by atoms with Crippen molar-refractivity contribution >= 4 is 23.8 Å². The molecule has 0 unspecified atom stereocenters. The minimum absolute atomic E-state index is 0.0856. The fraction of sp³-hybridized carbons (Fsp3) is 0.400. The van der Waals surface area contributed by atoms with Gasteiger partial charge in [0.1, 0.15) is 17.2 Å². The van der Waals surface area contributed by atoms with E-state index in [0.29, 0.717) is 48.0 Å². The van der Waals surface area contributed by atoms with Crippen LogP contribution in [0.4, 0.5) is 5.69 Å². The molecule has 0 bridgehead atoms. The van der Waals surface area contributed by atoms with Crippen LogP contribution in [0.25, 0.3) is 0 Å². The molecule has 4 rings (SSSR count). The average molecular weight is 722 g/mol. The molecule has 0 saturated carbocycles. The summed E-state index contributed by atoms with van der Waals surface area (Å²) in [5.74, 6) is 1.17. The van der Waals surface area contributed by atoms with E-state index >= 15 is 0 Å². The van der Waals surface area contributed by atoms with Gasteiger partial charge in [0.25, 0.3) is 0 Å². The maximum absolute atomic E-state index is 13.3. The van der Waals surface area contributed by atoms with E-state index in [1.165, 1.54) is 32.1 Å². The summed E-state index contributed by atoms with van der Waals surface area (Å²) in [4.78, 5) is 31.2. The summed E-state index contributed by atoms with van der Waals surface area (Å²) in [6, 6.07) is 26.2. The Morgan fingerprint density at radius 3 is 1.34 bits per heavy atom. The first kappa shape index (κ1) is 40.7. The van der Waals surface area contributed by atoms with Crippen molar-refractivity contribution in [2.45, 2.75) is 97.8 Å². The zero-order chi connectivity index (χ0) is 37.5. The highest BCUT2D eigenvalue weighted by atomic mass is 16.6. The molecule has 0 radical (unpaired) electrons. The van der Waals surface area contributed by atoms with Crippen LogP contribution in [-0.2, 0) is 0 Å². The smallest absolute Gasteiger partial charge is 0.343 e. The third kappa shape index (κ3) is 14.8. The maximum Gasteiger partial charge on any atom is 0.343 e. The van der Waals surface area contributed by atoms with Crippen LogP contribution in [0.1, 0.15) is 124 Å². The molecule has 282 valence electrons. The zero-order valence-electron chi connectivity index (χ0n) is 31.6. The van der Waals surface area contributed by atoms with E-state index in [1.807, 2.05) is 24.3 Å². The molecule has 0 amide bonds. The second-order valence-electron chi connectivity index (χ2n) is 13.0. The van der Waals surface area contributed by atoms with Crippen LogP contribution in [0.5, 0.6) is 28.7 Å². The van der Waals surface area contributed by atoms with Crippen molar-refractivity contribution in [3.63, 3.8) is 0 Å². The van der Waals surface area contributed by atoms with Gasteiger partial charge >= 0.3 is 11.9 Å². The van der Waals surface area contributed by atoms with Crippen molar-refractivity contribution in [3.8, 4) is 28.7 Å². The van der Waals surface area contributed by atoms with Gasteiger partial charge in [-0.1, -0.05) is 78.6 Å². The number of aliphatic imine (C=N–C) groups is 1. The van der Waals surface area contributed by atoms with Crippen LogP contribution in [0.15, 0.2) is 96.0 Å². The Balaban J connectivity index is 1.45. The number of hydrogen-bond acceptors (Lipinski definition) is 8. The Morgan fingerprint density at radius 1 is 0.491 bits per heavy atom. The molecule has 0 atom stereocenters. The first-order valence-corrected chi connectivity index (χ1v) is 19.3. The summed E-state index contributed by atoms with van der Waals surface area (Å²) in [5, 5.41) is 0. The predicted octanol–water partition coefficient (Wildman–Crippen LogP) is 11.8. The Kier molecular flexibility index (Phi) is 18.0. The lowest BCUT2D eigenvalue weighted by Crippen LogP contribution is -2.13. The number of rotatable bonds is 24. The average Bonchev–Trinajstić information content (AvgIpc) is 3.18. The van der Waals surface area contributed by atoms with Gasteiger partial charge in [0.2, 0.25) is 0 Å². The topological polar surface area (TPSA) is 92.7 Å². The number of unbranched alkanes of at least 4 members (excludes halogenated alkanes) is 9. The fourth-order valence-electron chi connectivity index (χ4n) is 5.40. The van der Waals surface area contributed by atoms with Crippen LogP contribution in [0, 0.1) is 0 Å². The molecular weight excluding hydrogens is 666 g/mol. The highest BCUT2D eigenvalue weighted by molar-refractivity contribution is 5.94. The van der Waals surface area contributed by atoms with Gasteiger partial charge in [-0.05, 0) is 116 Å². The van der Waals surface area contributed by atoms with Crippen molar-refractivity contribution in [2.75, 3.05) is 19.8 Å². The van der Waals surface area contributed by atoms with E-state index in [4.69, 9.17) is 23.7 Å². The molecule has 0 heterocycles. The van der Waals surface area contributed by atoms with Crippen molar-refractivity contribution in [2.24, 2.45) is 4.99 Å². The maximum atomic E-state index is 13.3. The van der Waals surface area contributed by atoms with Crippen LogP contribution >= 0.6 is 0 Å². The van der Waals surface area contributed by atoms with E-state index < -0.39 is 11.9 Å². The van der Waals surface area contributed by atoms with Crippen LogP contribution in [0.2, 0.25) is 0 Å². The van der Waals surface area contributed by atoms with Gasteiger partial charge in [0.05, 0.1) is 36.6 Å². The molecule has 0 N–H and O–H groups in total. The molecule has 4 aromatic rings. The molecule has 0 saturated heterocycles. The van der Waals surface area contributed by atoms with Crippen LogP contribution < -0.4 is 23.7 Å². The molecule has 0 aliphatic carbocycles. The van der Waals surface area contributed by atoms with Crippen LogP contribution in [-0.4, -0.2) is 38.0 Å². The fourth-order valence-corrected chi connectivity index (χ4v) is 5.40. The van der Waals surface area contributed by atoms with Crippen molar-refractivity contribution in [3.05, 3.63) is 108 Å². The molecule has 0 fully saturated rings. The number of hydrogen-bond donors (Lipinski definition) is 0. The van der Waals surface area contributed by atoms with E-state index in [2.05, 4.69) is 25.8 Å². The summed E-state index contributed by atoms with van der Waals surface area (Å²) in [7, 11) is 0. The van der Waals surface area contributed by atoms with Crippen molar-refractivity contribution in [1.82, 2.24) is 0 Å². The molecule has 4 aromatic carbocycles. The summed E-state index contributed by atoms with van der Waals surface area (Å²) < 4.78 is 29.1. The van der Waals surface area contributed by atoms with E-state index in [1.54, 1.807) is 72.9 Å². The van der Waals surface area contributed by atoms with E-state index in [0.717, 1.165) is 56.4 Å². The molecule has 53 heavy (non-hydrogen) atoms. The summed E-state index contributed by atoms with van der Waals surface area (Å²) in [5.41, 5.74) is 2.05. The molecule has 8 nitrogen and oxygen atoms in total. The quantitative estimate of drug-likeness (QED) is 0.0308. The summed E-state index contributed by atoms with van der Waals surface area (Å²) in [6.45, 7) is 8.48. The number of benzene rings is 4. The van der Waals surface area contributed by atoms with Gasteiger partial charge in [0, 0.05) is 6.21 Å². The van der Waals surface area contributed by atoms with Crippen molar-refractivity contribution in [1.29, 1.82) is 0 Å². The Bertz CT molecular complexity index is 1680. The molecule has 8 heteroatoms. The largest absolute Gasteiger partial charge is 0.494 e. The lowest BCUT2D eigenvalue weighted by molar-refractivity contribution is 0.0682. The van der Waals surface area contributed by atoms with Gasteiger partial charge in [0.15, 0.2) is 11.5 Å². The molecule has 0 aromatic heterocycles. The van der Waals surface area contributed by atoms with E-state index in [9.17, 15) is 9.59 Å². The molecule has 0 spiro atoms. The number of carbonyl (C=O) groups is 2. The van der Waals surface area contributed by atoms with Gasteiger partial charge in [-0.2, -0.15) is 0 Å². The third-order valence-corrected chi connectivity index (χ3v) is 8.55. The second-order valence-corrected chi connectivity index (χ2v) is 13.0. The minimum atomic E-state index is -0.600. The van der Waals surface area contributed by atoms with Crippen LogP contribution in [0.3, 0.4) is 0 Å². The number of ether oxygens (including phenoxy) is 5. The number of carbonyl (C=O) groups excluding carboxylic acids is 2.